The van der Waals surface area contributed by atoms with E-state index >= 15 is 0 Å². The average Bonchev–Trinajstić information content (AvgIpc) is 3.08. The molecule has 1 aliphatic heterocycles. The second-order valence-electron chi connectivity index (χ2n) is 8.34. The third kappa shape index (κ3) is 2.46. The highest BCUT2D eigenvalue weighted by molar-refractivity contribution is 5.86. The Labute approximate surface area is 162 Å². The molecule has 1 saturated heterocycles. The summed E-state index contributed by atoms with van der Waals surface area (Å²) in [7, 11) is 2.19. The van der Waals surface area contributed by atoms with Gasteiger partial charge in [0.1, 0.15) is 0 Å². The molecule has 1 aliphatic carbocycles. The van der Waals surface area contributed by atoms with Crippen molar-refractivity contribution in [3.05, 3.63) is 49.1 Å². The first-order valence-corrected chi connectivity index (χ1v) is 9.68. The van der Waals surface area contributed by atoms with E-state index in [1.54, 1.807) is 6.20 Å². The Hall–Kier alpha value is -3.06. The van der Waals surface area contributed by atoms with Gasteiger partial charge in [-0.1, -0.05) is 0 Å². The van der Waals surface area contributed by atoms with Gasteiger partial charge in [0.2, 0.25) is 5.95 Å². The van der Waals surface area contributed by atoms with Gasteiger partial charge in [0, 0.05) is 54.2 Å². The van der Waals surface area contributed by atoms with Crippen LogP contribution in [0.25, 0.3) is 27.7 Å². The minimum Gasteiger partial charge on any atom is -0.350 e. The van der Waals surface area contributed by atoms with Gasteiger partial charge in [0.15, 0.2) is 5.65 Å². The second-order valence-corrected chi connectivity index (χ2v) is 8.34. The molecule has 0 radical (unpaired) electrons. The van der Waals surface area contributed by atoms with Crippen molar-refractivity contribution >= 4 is 22.5 Å². The normalized spacial score (nSPS) is 19.0. The van der Waals surface area contributed by atoms with E-state index in [0.717, 1.165) is 27.7 Å². The second kappa shape index (κ2) is 5.72. The van der Waals surface area contributed by atoms with Crippen molar-refractivity contribution in [1.29, 1.82) is 0 Å². The third-order valence-corrected chi connectivity index (χ3v) is 6.08. The molecule has 4 aromatic heterocycles. The number of hydrogen-bond donors (Lipinski definition) is 1. The zero-order chi connectivity index (χ0) is 18.7. The lowest BCUT2D eigenvalue weighted by Gasteiger charge is -2.58. The lowest BCUT2D eigenvalue weighted by molar-refractivity contribution is -0.0514. The van der Waals surface area contributed by atoms with E-state index < -0.39 is 0 Å². The van der Waals surface area contributed by atoms with Gasteiger partial charge >= 0.3 is 0 Å². The van der Waals surface area contributed by atoms with Crippen LogP contribution in [0, 0.1) is 5.41 Å². The summed E-state index contributed by atoms with van der Waals surface area (Å²) in [5, 5.41) is 9.19. The smallest absolute Gasteiger partial charge is 0.241 e. The Kier molecular flexibility index (Phi) is 3.26. The molecule has 0 aromatic carbocycles. The van der Waals surface area contributed by atoms with Gasteiger partial charge in [-0.25, -0.2) is 19.5 Å². The van der Waals surface area contributed by atoms with Gasteiger partial charge in [-0.15, -0.1) is 5.10 Å². The summed E-state index contributed by atoms with van der Waals surface area (Å²) in [5.74, 6) is 0.697. The molecule has 6 rings (SSSR count). The van der Waals surface area contributed by atoms with E-state index in [2.05, 4.69) is 49.4 Å². The van der Waals surface area contributed by atoms with Gasteiger partial charge in [-0.05, 0) is 49.6 Å². The van der Waals surface area contributed by atoms with Gasteiger partial charge in [0.05, 0.1) is 11.7 Å². The summed E-state index contributed by atoms with van der Waals surface area (Å²) in [6, 6.07) is 8.62. The van der Waals surface area contributed by atoms with Crippen LogP contribution >= 0.6 is 0 Å². The lowest BCUT2D eigenvalue weighted by Crippen LogP contribution is -2.63. The average molecular weight is 371 g/mol. The number of rotatable bonds is 3. The zero-order valence-electron chi connectivity index (χ0n) is 15.7. The fourth-order valence-electron chi connectivity index (χ4n) is 4.95. The first-order chi connectivity index (χ1) is 13.7. The maximum atomic E-state index is 4.66. The molecule has 28 heavy (non-hydrogen) atoms. The van der Waals surface area contributed by atoms with Crippen LogP contribution in [0.5, 0.6) is 0 Å². The zero-order valence-corrected chi connectivity index (χ0v) is 15.7. The summed E-state index contributed by atoms with van der Waals surface area (Å²) in [5.41, 5.74) is 4.40. The number of hydrogen-bond acceptors (Lipinski definition) is 6. The minimum atomic E-state index is 0.485. The summed E-state index contributed by atoms with van der Waals surface area (Å²) in [4.78, 5) is 15.7. The third-order valence-electron chi connectivity index (χ3n) is 6.08. The van der Waals surface area contributed by atoms with Crippen LogP contribution in [-0.2, 0) is 0 Å². The quantitative estimate of drug-likeness (QED) is 0.597. The summed E-state index contributed by atoms with van der Waals surface area (Å²) < 4.78 is 1.89. The van der Waals surface area contributed by atoms with Crippen LogP contribution in [0.2, 0.25) is 0 Å². The Morgan fingerprint density at radius 3 is 2.86 bits per heavy atom. The number of anilines is 1. The molecule has 4 aromatic rings. The van der Waals surface area contributed by atoms with Gasteiger partial charge in [0.25, 0.3) is 0 Å². The number of nitrogens with one attached hydrogen (secondary N) is 1. The van der Waals surface area contributed by atoms with E-state index in [0.29, 0.717) is 17.4 Å². The van der Waals surface area contributed by atoms with Crippen LogP contribution in [0.15, 0.2) is 49.1 Å². The van der Waals surface area contributed by atoms with E-state index in [4.69, 9.17) is 0 Å². The molecule has 2 fully saturated rings. The topological polar surface area (TPSA) is 71.2 Å². The molecule has 140 valence electrons. The van der Waals surface area contributed by atoms with Crippen molar-refractivity contribution in [1.82, 2.24) is 29.5 Å². The Bertz CT molecular complexity index is 1180. The van der Waals surface area contributed by atoms with Crippen molar-refractivity contribution in [3.63, 3.8) is 0 Å². The molecule has 5 heterocycles. The highest BCUT2D eigenvalue weighted by atomic mass is 15.3. The number of nitrogens with zero attached hydrogens (tertiary/aromatic N) is 6. The number of aromatic nitrogens is 5. The highest BCUT2D eigenvalue weighted by Crippen LogP contribution is 2.48. The highest BCUT2D eigenvalue weighted by Gasteiger charge is 2.51. The Morgan fingerprint density at radius 1 is 1.11 bits per heavy atom. The molecule has 0 amide bonds. The predicted molar refractivity (Wildman–Crippen MR) is 108 cm³/mol. The molecule has 0 unspecified atom stereocenters. The standard InChI is InChI=1S/C21H21N7/c1-27-12-21(13-27)8-16(9-21)25-20-24-11-18-17(4-6-28(18)26-20)15-7-14-3-2-5-22-19(14)23-10-15/h2-7,10-11,16H,8-9,12-13H2,1H3,(H,25,26). The summed E-state index contributed by atoms with van der Waals surface area (Å²) >= 11 is 0. The minimum absolute atomic E-state index is 0.485. The monoisotopic (exact) mass is 371 g/mol. The van der Waals surface area contributed by atoms with Gasteiger partial charge in [-0.2, -0.15) is 0 Å². The maximum absolute atomic E-state index is 4.66. The molecule has 0 atom stereocenters. The molecule has 7 heteroatoms. The van der Waals surface area contributed by atoms with Crippen molar-refractivity contribution in [3.8, 4) is 11.1 Å². The van der Waals surface area contributed by atoms with Crippen molar-refractivity contribution in [2.75, 3.05) is 25.5 Å². The Morgan fingerprint density at radius 2 is 2.00 bits per heavy atom. The number of pyridine rings is 2. The number of fused-ring (bicyclic) bond motifs is 2. The summed E-state index contributed by atoms with van der Waals surface area (Å²) in [6.07, 6.45) is 9.93. The first kappa shape index (κ1) is 15.9. The van der Waals surface area contributed by atoms with Crippen LogP contribution in [0.4, 0.5) is 5.95 Å². The molecule has 2 aliphatic rings. The van der Waals surface area contributed by atoms with E-state index in [1.165, 1.54) is 25.9 Å². The summed E-state index contributed by atoms with van der Waals surface area (Å²) in [6.45, 7) is 2.45. The lowest BCUT2D eigenvalue weighted by atomic mass is 9.61. The molecule has 1 saturated carbocycles. The maximum Gasteiger partial charge on any atom is 0.241 e. The molecule has 0 bridgehead atoms. The van der Waals surface area contributed by atoms with Crippen molar-refractivity contribution in [2.24, 2.45) is 5.41 Å². The van der Waals surface area contributed by atoms with Crippen LogP contribution in [0.3, 0.4) is 0 Å². The van der Waals surface area contributed by atoms with Crippen LogP contribution in [-0.4, -0.2) is 55.6 Å². The molecule has 7 nitrogen and oxygen atoms in total. The van der Waals surface area contributed by atoms with Crippen LogP contribution in [0.1, 0.15) is 12.8 Å². The number of likely N-dealkylation sites (tertiary alicyclic amines) is 1. The predicted octanol–water partition coefficient (Wildman–Crippen LogP) is 2.85. The molecular formula is C21H21N7. The van der Waals surface area contributed by atoms with E-state index in [-0.39, 0.29) is 0 Å². The van der Waals surface area contributed by atoms with Crippen molar-refractivity contribution in [2.45, 2.75) is 18.9 Å². The molecule has 1 N–H and O–H groups in total. The van der Waals surface area contributed by atoms with Gasteiger partial charge in [-0.3, -0.25) is 0 Å². The first-order valence-electron chi connectivity index (χ1n) is 9.68. The fourth-order valence-corrected chi connectivity index (χ4v) is 4.95. The largest absolute Gasteiger partial charge is 0.350 e. The fraction of sp³-hybridized carbons (Fsp3) is 0.333. The molecular weight excluding hydrogens is 350 g/mol. The van der Waals surface area contributed by atoms with E-state index in [9.17, 15) is 0 Å². The van der Waals surface area contributed by atoms with Gasteiger partial charge < -0.3 is 10.2 Å². The molecule has 1 spiro atoms. The SMILES string of the molecule is CN1CC2(CC(Nc3ncc4c(-c5cnc6ncccc6c5)ccn4n3)C2)C1. The Balaban J connectivity index is 1.25. The van der Waals surface area contributed by atoms with E-state index in [1.807, 2.05) is 35.2 Å². The van der Waals surface area contributed by atoms with Crippen molar-refractivity contribution < 1.29 is 0 Å². The van der Waals surface area contributed by atoms with Crippen LogP contribution < -0.4 is 5.32 Å².